The van der Waals surface area contributed by atoms with Gasteiger partial charge in [-0.2, -0.15) is 8.42 Å². The SMILES string of the molecule is CC/C=C/C=C/C=C/C=C/CCCCCCCC(=O)OC[C@H](CO[C@H]1O[C@H](CS(=O)(=O)O)[C@@H](O)C(O)C1O)OC(=O)CC/C=C/C/C=C/C/C=C/C/C=C/C/C=C/CCCCC. The molecule has 1 saturated heterocycles. The van der Waals surface area contributed by atoms with E-state index in [0.29, 0.717) is 19.3 Å². The molecule has 6 atom stereocenters. The van der Waals surface area contributed by atoms with E-state index in [1.54, 1.807) is 0 Å². The fourth-order valence-corrected chi connectivity index (χ4v) is 6.65. The van der Waals surface area contributed by atoms with Crippen LogP contribution in [0.4, 0.5) is 0 Å². The van der Waals surface area contributed by atoms with Gasteiger partial charge in [-0.3, -0.25) is 14.1 Å². The summed E-state index contributed by atoms with van der Waals surface area (Å²) in [5, 5.41) is 30.9. The Balaban J connectivity index is 2.54. The Morgan fingerprint density at radius 2 is 1.11 bits per heavy atom. The van der Waals surface area contributed by atoms with Crippen LogP contribution in [0.5, 0.6) is 0 Å². The van der Waals surface area contributed by atoms with Gasteiger partial charge in [0, 0.05) is 12.8 Å². The molecule has 0 aromatic carbocycles. The number of ether oxygens (including phenoxy) is 4. The number of aliphatic hydroxyl groups is 3. The molecule has 0 saturated carbocycles. The zero-order valence-corrected chi connectivity index (χ0v) is 38.0. The number of hydrogen-bond acceptors (Lipinski definition) is 11. The van der Waals surface area contributed by atoms with E-state index in [-0.39, 0.29) is 19.4 Å². The Hall–Kier alpha value is -3.69. The zero-order valence-electron chi connectivity index (χ0n) is 37.2. The summed E-state index contributed by atoms with van der Waals surface area (Å²) in [4.78, 5) is 25.4. The summed E-state index contributed by atoms with van der Waals surface area (Å²) < 4.78 is 53.9. The molecule has 0 radical (unpaired) electrons. The van der Waals surface area contributed by atoms with Crippen LogP contribution in [0.15, 0.2) is 109 Å². The Morgan fingerprint density at radius 3 is 1.73 bits per heavy atom. The highest BCUT2D eigenvalue weighted by Gasteiger charge is 2.46. The van der Waals surface area contributed by atoms with E-state index in [0.717, 1.165) is 64.2 Å². The summed E-state index contributed by atoms with van der Waals surface area (Å²) in [6.45, 7) is 3.49. The van der Waals surface area contributed by atoms with E-state index >= 15 is 0 Å². The monoisotopic (exact) mass is 889 g/mol. The topological polar surface area (TPSA) is 186 Å². The summed E-state index contributed by atoms with van der Waals surface area (Å²) in [5.41, 5.74) is 0. The number of aliphatic hydroxyl groups excluding tert-OH is 3. The van der Waals surface area contributed by atoms with E-state index < -0.39 is 71.2 Å². The van der Waals surface area contributed by atoms with Crippen molar-refractivity contribution in [2.75, 3.05) is 19.0 Å². The highest BCUT2D eigenvalue weighted by atomic mass is 32.2. The number of esters is 2. The Labute approximate surface area is 372 Å². The van der Waals surface area contributed by atoms with E-state index in [4.69, 9.17) is 18.9 Å². The quantitative estimate of drug-likeness (QED) is 0.0156. The minimum Gasteiger partial charge on any atom is -0.462 e. The molecule has 0 aromatic rings. The lowest BCUT2D eigenvalue weighted by atomic mass is 10.00. The molecule has 0 amide bonds. The second kappa shape index (κ2) is 37.8. The first-order valence-corrected chi connectivity index (χ1v) is 24.1. The first-order valence-electron chi connectivity index (χ1n) is 22.5. The third-order valence-electron chi connectivity index (χ3n) is 9.44. The van der Waals surface area contributed by atoms with Gasteiger partial charge in [-0.05, 0) is 70.6 Å². The average Bonchev–Trinajstić information content (AvgIpc) is 3.24. The van der Waals surface area contributed by atoms with Crippen LogP contribution in [0.2, 0.25) is 0 Å². The van der Waals surface area contributed by atoms with Crippen LogP contribution in [0, 0.1) is 0 Å². The van der Waals surface area contributed by atoms with Crippen LogP contribution >= 0.6 is 0 Å². The zero-order chi connectivity index (χ0) is 45.5. The Kier molecular flexibility index (Phi) is 34.4. The highest BCUT2D eigenvalue weighted by molar-refractivity contribution is 7.85. The second-order valence-corrected chi connectivity index (χ2v) is 16.6. The van der Waals surface area contributed by atoms with Gasteiger partial charge in [-0.1, -0.05) is 155 Å². The average molecular weight is 889 g/mol. The van der Waals surface area contributed by atoms with Crippen molar-refractivity contribution >= 4 is 22.1 Å². The molecular weight excluding hydrogens is 813 g/mol. The number of hydrogen-bond donors (Lipinski definition) is 4. The molecule has 0 aliphatic carbocycles. The summed E-state index contributed by atoms with van der Waals surface area (Å²) in [5.74, 6) is -2.14. The van der Waals surface area contributed by atoms with Crippen molar-refractivity contribution in [2.24, 2.45) is 0 Å². The van der Waals surface area contributed by atoms with Crippen LogP contribution in [0.3, 0.4) is 0 Å². The molecule has 1 fully saturated rings. The van der Waals surface area contributed by atoms with Crippen molar-refractivity contribution in [1.29, 1.82) is 0 Å². The van der Waals surface area contributed by atoms with Crippen LogP contribution in [0.1, 0.15) is 129 Å². The first-order chi connectivity index (χ1) is 30.0. The van der Waals surface area contributed by atoms with Crippen molar-refractivity contribution in [3.8, 4) is 0 Å². The standard InChI is InChI=1S/C49H76O12S/c1-3-5-7-9-11-13-15-17-19-20-21-22-24-26-28-30-32-34-36-38-45(51)60-42(40-59-49-48(54)47(53)46(52)43(61-49)41-62(55,56)57)39-58-44(50)37-35-33-31-29-27-25-23-18-16-14-12-10-8-6-4-2/h6,8,10-14,16-19,21-23,26,28,32,34,42-43,46-49,52-54H,3-5,7,9,15,20,24-25,27,29-31,33,35-41H2,1-2H3,(H,55,56,57)/b8-6+,12-10+,13-11+,16-14+,19-17+,22-21+,23-18+,28-26+,34-32+/t42-,43-,46-,47?,48?,49+/m1/s1. The van der Waals surface area contributed by atoms with Crippen LogP contribution in [-0.4, -0.2) is 96.0 Å². The maximum absolute atomic E-state index is 12.8. The Morgan fingerprint density at radius 1 is 0.581 bits per heavy atom. The van der Waals surface area contributed by atoms with Crippen molar-refractivity contribution in [2.45, 2.75) is 166 Å². The maximum Gasteiger partial charge on any atom is 0.306 e. The van der Waals surface area contributed by atoms with Gasteiger partial charge >= 0.3 is 11.9 Å². The smallest absolute Gasteiger partial charge is 0.306 e. The van der Waals surface area contributed by atoms with E-state index in [9.17, 15) is 37.9 Å². The second-order valence-electron chi connectivity index (χ2n) is 15.1. The molecule has 1 aliphatic rings. The molecule has 2 unspecified atom stereocenters. The third kappa shape index (κ3) is 32.1. The van der Waals surface area contributed by atoms with Gasteiger partial charge in [0.15, 0.2) is 12.4 Å². The van der Waals surface area contributed by atoms with Gasteiger partial charge in [-0.15, -0.1) is 0 Å². The number of unbranched alkanes of at least 4 members (excludes halogenated alkanes) is 8. The van der Waals surface area contributed by atoms with Crippen molar-refractivity contribution in [3.63, 3.8) is 0 Å². The molecule has 4 N–H and O–H groups in total. The summed E-state index contributed by atoms with van der Waals surface area (Å²) in [6.07, 6.45) is 42.8. The van der Waals surface area contributed by atoms with Gasteiger partial charge in [0.2, 0.25) is 0 Å². The lowest BCUT2D eigenvalue weighted by Crippen LogP contribution is -2.60. The van der Waals surface area contributed by atoms with Crippen LogP contribution in [-0.2, 0) is 38.7 Å². The number of carbonyl (C=O) groups is 2. The molecule has 0 aromatic heterocycles. The lowest BCUT2D eigenvalue weighted by Gasteiger charge is -2.40. The van der Waals surface area contributed by atoms with E-state index in [1.807, 2.05) is 54.7 Å². The van der Waals surface area contributed by atoms with Gasteiger partial charge in [-0.25, -0.2) is 0 Å². The fraction of sp³-hybridized carbons (Fsp3) is 0.592. The first kappa shape index (κ1) is 56.3. The summed E-state index contributed by atoms with van der Waals surface area (Å²) in [7, 11) is -4.62. The molecule has 1 rings (SSSR count). The number of rotatable bonds is 35. The predicted molar refractivity (Wildman–Crippen MR) is 247 cm³/mol. The molecule has 350 valence electrons. The maximum atomic E-state index is 12.8. The third-order valence-corrected chi connectivity index (χ3v) is 10.2. The van der Waals surface area contributed by atoms with Gasteiger partial charge < -0.3 is 34.3 Å². The van der Waals surface area contributed by atoms with Crippen molar-refractivity contribution in [3.05, 3.63) is 109 Å². The number of allylic oxidation sites excluding steroid dienone is 18. The van der Waals surface area contributed by atoms with Crippen LogP contribution < -0.4 is 0 Å². The Bertz CT molecular complexity index is 1560. The lowest BCUT2D eigenvalue weighted by molar-refractivity contribution is -0.297. The molecule has 62 heavy (non-hydrogen) atoms. The summed E-state index contributed by atoms with van der Waals surface area (Å²) in [6, 6.07) is 0. The van der Waals surface area contributed by atoms with Crippen molar-refractivity contribution < 1.29 is 56.8 Å². The molecule has 0 bridgehead atoms. The number of carbonyl (C=O) groups excluding carboxylic acids is 2. The van der Waals surface area contributed by atoms with E-state index in [1.165, 1.54) is 19.3 Å². The molecule has 0 spiro atoms. The predicted octanol–water partition coefficient (Wildman–Crippen LogP) is 9.22. The summed E-state index contributed by atoms with van der Waals surface area (Å²) >= 11 is 0. The molecule has 1 heterocycles. The molecule has 12 nitrogen and oxygen atoms in total. The minimum atomic E-state index is -4.62. The van der Waals surface area contributed by atoms with Gasteiger partial charge in [0.1, 0.15) is 36.8 Å². The minimum absolute atomic E-state index is 0.0280. The van der Waals surface area contributed by atoms with Gasteiger partial charge in [0.25, 0.3) is 10.1 Å². The van der Waals surface area contributed by atoms with Crippen LogP contribution in [0.25, 0.3) is 0 Å². The highest BCUT2D eigenvalue weighted by Crippen LogP contribution is 2.24. The van der Waals surface area contributed by atoms with E-state index in [2.05, 4.69) is 68.5 Å². The largest absolute Gasteiger partial charge is 0.462 e. The normalized spacial score (nSPS) is 20.9. The molecule has 1 aliphatic heterocycles. The van der Waals surface area contributed by atoms with Crippen molar-refractivity contribution in [1.82, 2.24) is 0 Å². The van der Waals surface area contributed by atoms with Gasteiger partial charge in [0.05, 0.1) is 6.61 Å². The molecular formula is C49H76O12S. The fourth-order valence-electron chi connectivity index (χ4n) is 5.96. The molecule has 13 heteroatoms.